The van der Waals surface area contributed by atoms with E-state index in [1.54, 1.807) is 0 Å². The van der Waals surface area contributed by atoms with E-state index in [9.17, 15) is 0 Å². The van der Waals surface area contributed by atoms with E-state index in [-0.39, 0.29) is 5.38 Å². The van der Waals surface area contributed by atoms with Gasteiger partial charge in [-0.25, -0.2) is 0 Å². The first-order chi connectivity index (χ1) is 6.09. The molecule has 0 amide bonds. The zero-order chi connectivity index (χ0) is 9.84. The minimum absolute atomic E-state index is 0.0949. The first-order valence-corrected chi connectivity index (χ1v) is 5.25. The summed E-state index contributed by atoms with van der Waals surface area (Å²) >= 11 is 12.0. The van der Waals surface area contributed by atoms with Crippen LogP contribution in [0.4, 0.5) is 0 Å². The second kappa shape index (κ2) is 5.04. The summed E-state index contributed by atoms with van der Waals surface area (Å²) in [5, 5.41) is 0.950. The van der Waals surface area contributed by atoms with Crippen molar-refractivity contribution in [3.63, 3.8) is 0 Å². The fourth-order valence-corrected chi connectivity index (χ4v) is 1.91. The van der Waals surface area contributed by atoms with E-state index >= 15 is 0 Å². The van der Waals surface area contributed by atoms with Gasteiger partial charge >= 0.3 is 0 Å². The van der Waals surface area contributed by atoms with E-state index in [2.05, 4.69) is 19.0 Å². The molecule has 1 unspecified atom stereocenters. The average molecular weight is 220 g/mol. The van der Waals surface area contributed by atoms with Gasteiger partial charge < -0.3 is 4.90 Å². The van der Waals surface area contributed by atoms with Crippen LogP contribution in [0.2, 0.25) is 0 Å². The van der Waals surface area contributed by atoms with Gasteiger partial charge in [0.2, 0.25) is 0 Å². The fourth-order valence-electron chi connectivity index (χ4n) is 1.26. The maximum Gasteiger partial charge on any atom is 0.0597 e. The van der Waals surface area contributed by atoms with Gasteiger partial charge in [-0.3, -0.25) is 0 Å². The third kappa shape index (κ3) is 3.72. The Labute approximate surface area is 90.0 Å². The van der Waals surface area contributed by atoms with Crippen LogP contribution in [0.3, 0.4) is 0 Å². The van der Waals surface area contributed by atoms with Crippen LogP contribution in [0.15, 0.2) is 22.8 Å². The summed E-state index contributed by atoms with van der Waals surface area (Å²) in [6, 6.07) is 0. The van der Waals surface area contributed by atoms with Gasteiger partial charge in [0.25, 0.3) is 0 Å². The van der Waals surface area contributed by atoms with Crippen molar-refractivity contribution in [2.45, 2.75) is 18.2 Å². The zero-order valence-electron chi connectivity index (χ0n) is 8.06. The largest absolute Gasteiger partial charge is 0.309 e. The molecule has 0 radical (unpaired) electrons. The molecule has 0 aromatic heterocycles. The molecule has 0 aromatic rings. The summed E-state index contributed by atoms with van der Waals surface area (Å²) in [6.07, 6.45) is 5.81. The number of allylic oxidation sites excluding steroid dienone is 3. The highest BCUT2D eigenvalue weighted by molar-refractivity contribution is 6.31. The lowest BCUT2D eigenvalue weighted by molar-refractivity contribution is 0.411. The summed E-state index contributed by atoms with van der Waals surface area (Å²) in [5.41, 5.74) is 1.29. The topological polar surface area (TPSA) is 3.24 Å². The van der Waals surface area contributed by atoms with Crippen molar-refractivity contribution in [2.75, 3.05) is 20.6 Å². The van der Waals surface area contributed by atoms with Gasteiger partial charge in [0.15, 0.2) is 0 Å². The lowest BCUT2D eigenvalue weighted by Gasteiger charge is -2.19. The Balaban J connectivity index is 2.49. The smallest absolute Gasteiger partial charge is 0.0597 e. The predicted molar refractivity (Wildman–Crippen MR) is 59.4 cm³/mol. The maximum absolute atomic E-state index is 6.15. The molecule has 1 atom stereocenters. The van der Waals surface area contributed by atoms with Gasteiger partial charge in [0.05, 0.1) is 5.38 Å². The van der Waals surface area contributed by atoms with E-state index < -0.39 is 0 Å². The Hall–Kier alpha value is 0.0200. The second-order valence-corrected chi connectivity index (χ2v) is 4.59. The predicted octanol–water partition coefficient (Wildman–Crippen LogP) is 3.00. The highest BCUT2D eigenvalue weighted by Crippen LogP contribution is 2.27. The Bertz CT molecular complexity index is 231. The number of hydrogen-bond acceptors (Lipinski definition) is 1. The van der Waals surface area contributed by atoms with Crippen LogP contribution < -0.4 is 0 Å². The van der Waals surface area contributed by atoms with Crippen molar-refractivity contribution < 1.29 is 0 Å². The molecule has 0 aromatic carbocycles. The highest BCUT2D eigenvalue weighted by atomic mass is 35.5. The number of halogens is 2. The molecule has 0 saturated carbocycles. The Kier molecular flexibility index (Phi) is 4.30. The summed E-state index contributed by atoms with van der Waals surface area (Å²) in [5.74, 6) is 0. The van der Waals surface area contributed by atoms with Crippen LogP contribution in [0.5, 0.6) is 0 Å². The van der Waals surface area contributed by atoms with Gasteiger partial charge in [-0.05, 0) is 26.6 Å². The Morgan fingerprint density at radius 2 is 2.15 bits per heavy atom. The number of hydrogen-bond donors (Lipinski definition) is 0. The first-order valence-electron chi connectivity index (χ1n) is 4.43. The highest BCUT2D eigenvalue weighted by Gasteiger charge is 2.15. The molecule has 13 heavy (non-hydrogen) atoms. The first kappa shape index (κ1) is 11.1. The summed E-state index contributed by atoms with van der Waals surface area (Å²) in [7, 11) is 4.13. The Morgan fingerprint density at radius 1 is 1.46 bits per heavy atom. The second-order valence-electron chi connectivity index (χ2n) is 3.58. The summed E-state index contributed by atoms with van der Waals surface area (Å²) in [4.78, 5) is 2.16. The lowest BCUT2D eigenvalue weighted by atomic mass is 10.0. The van der Waals surface area contributed by atoms with Gasteiger partial charge in [-0.2, -0.15) is 0 Å². The van der Waals surface area contributed by atoms with Crippen molar-refractivity contribution in [1.29, 1.82) is 0 Å². The fraction of sp³-hybridized carbons (Fsp3) is 0.600. The number of rotatable bonds is 3. The molecule has 1 rings (SSSR count). The molecular weight excluding hydrogens is 205 g/mol. The normalized spacial score (nSPS) is 23.0. The molecular formula is C10H15Cl2N. The maximum atomic E-state index is 6.15. The van der Waals surface area contributed by atoms with E-state index in [1.807, 2.05) is 12.2 Å². The molecule has 1 aliphatic carbocycles. The van der Waals surface area contributed by atoms with E-state index in [0.717, 1.165) is 24.4 Å². The summed E-state index contributed by atoms with van der Waals surface area (Å²) < 4.78 is 0. The van der Waals surface area contributed by atoms with Crippen LogP contribution in [0.25, 0.3) is 0 Å². The molecule has 3 heteroatoms. The molecule has 0 heterocycles. The third-order valence-corrected chi connectivity index (χ3v) is 2.82. The van der Waals surface area contributed by atoms with Crippen molar-refractivity contribution in [2.24, 2.45) is 0 Å². The van der Waals surface area contributed by atoms with Crippen molar-refractivity contribution in [1.82, 2.24) is 4.90 Å². The van der Waals surface area contributed by atoms with E-state index in [1.165, 1.54) is 5.57 Å². The van der Waals surface area contributed by atoms with Crippen LogP contribution in [0, 0.1) is 0 Å². The van der Waals surface area contributed by atoms with Crippen LogP contribution in [-0.2, 0) is 0 Å². The minimum atomic E-state index is 0.0949. The molecule has 0 N–H and O–H groups in total. The quantitative estimate of drug-likeness (QED) is 0.661. The molecule has 0 aliphatic heterocycles. The summed E-state index contributed by atoms with van der Waals surface area (Å²) in [6.45, 7) is 1.04. The average Bonchev–Trinajstić information content (AvgIpc) is 2.02. The molecule has 1 aliphatic rings. The molecule has 0 bridgehead atoms. The van der Waals surface area contributed by atoms with Gasteiger partial charge in [0, 0.05) is 18.0 Å². The van der Waals surface area contributed by atoms with Crippen molar-refractivity contribution in [3.05, 3.63) is 22.8 Å². The van der Waals surface area contributed by atoms with Gasteiger partial charge in [-0.1, -0.05) is 23.3 Å². The molecule has 74 valence electrons. The SMILES string of the molecule is CN(C)CCC1=CC=C(Cl)CC1Cl. The molecule has 1 nitrogen and oxygen atoms in total. The Morgan fingerprint density at radius 3 is 2.69 bits per heavy atom. The van der Waals surface area contributed by atoms with Crippen LogP contribution in [0.1, 0.15) is 12.8 Å². The minimum Gasteiger partial charge on any atom is -0.309 e. The number of alkyl halides is 1. The molecule has 0 saturated heterocycles. The molecule has 0 spiro atoms. The standard InChI is InChI=1S/C10H15Cl2N/c1-13(2)6-5-8-3-4-9(11)7-10(8)12/h3-4,10H,5-7H2,1-2H3. The van der Waals surface area contributed by atoms with Crippen molar-refractivity contribution >= 4 is 23.2 Å². The number of nitrogens with zero attached hydrogens (tertiary/aromatic N) is 1. The third-order valence-electron chi connectivity index (χ3n) is 2.10. The van der Waals surface area contributed by atoms with Crippen LogP contribution in [-0.4, -0.2) is 30.9 Å². The monoisotopic (exact) mass is 219 g/mol. The van der Waals surface area contributed by atoms with E-state index in [0.29, 0.717) is 0 Å². The lowest BCUT2D eigenvalue weighted by Crippen LogP contribution is -2.17. The van der Waals surface area contributed by atoms with Gasteiger partial charge in [-0.15, -0.1) is 11.6 Å². The zero-order valence-corrected chi connectivity index (χ0v) is 9.57. The van der Waals surface area contributed by atoms with E-state index in [4.69, 9.17) is 23.2 Å². The van der Waals surface area contributed by atoms with Crippen LogP contribution >= 0.6 is 23.2 Å². The van der Waals surface area contributed by atoms with Gasteiger partial charge in [0.1, 0.15) is 0 Å². The van der Waals surface area contributed by atoms with Crippen molar-refractivity contribution in [3.8, 4) is 0 Å². The molecule has 0 fully saturated rings.